The molecule has 1 unspecified atom stereocenters. The zero-order valence-electron chi connectivity index (χ0n) is 18.9. The topological polar surface area (TPSA) is 72.8 Å². The largest absolute Gasteiger partial charge is 0.463 e. The number of benzene rings is 2. The lowest BCUT2D eigenvalue weighted by Crippen LogP contribution is -2.26. The first-order valence-corrected chi connectivity index (χ1v) is 11.3. The van der Waals surface area contributed by atoms with Gasteiger partial charge < -0.3 is 14.6 Å². The molecule has 0 aliphatic rings. The second-order valence-corrected chi connectivity index (χ2v) is 7.96. The van der Waals surface area contributed by atoms with Gasteiger partial charge in [-0.25, -0.2) is 4.39 Å². The number of carbonyl (C=O) groups is 2. The van der Waals surface area contributed by atoms with Gasteiger partial charge in [0, 0.05) is 12.0 Å². The molecule has 0 radical (unpaired) electrons. The van der Waals surface area contributed by atoms with E-state index in [9.17, 15) is 19.1 Å². The Kier molecular flexibility index (Phi) is 10.9. The molecular formula is C26H33FO5. The molecule has 2 aromatic carbocycles. The molecule has 0 aliphatic heterocycles. The SMILES string of the molecule is CCCCCCCC(=O)OC[C@H](O)COC(=O)C(C)c1ccc(-c2ccccc2)c(F)c1. The predicted molar refractivity (Wildman–Crippen MR) is 122 cm³/mol. The maximum atomic E-state index is 14.6. The number of esters is 2. The Morgan fingerprint density at radius 1 is 0.969 bits per heavy atom. The summed E-state index contributed by atoms with van der Waals surface area (Å²) < 4.78 is 24.7. The summed E-state index contributed by atoms with van der Waals surface area (Å²) in [5, 5.41) is 9.93. The minimum absolute atomic E-state index is 0.226. The summed E-state index contributed by atoms with van der Waals surface area (Å²) in [5.74, 6) is -2.07. The van der Waals surface area contributed by atoms with Crippen LogP contribution in [0.5, 0.6) is 0 Å². The molecule has 5 nitrogen and oxygen atoms in total. The smallest absolute Gasteiger partial charge is 0.313 e. The average molecular weight is 445 g/mol. The minimum Gasteiger partial charge on any atom is -0.463 e. The second-order valence-electron chi connectivity index (χ2n) is 7.96. The van der Waals surface area contributed by atoms with Crippen molar-refractivity contribution in [3.05, 3.63) is 59.9 Å². The van der Waals surface area contributed by atoms with Gasteiger partial charge in [0.2, 0.25) is 0 Å². The third-order valence-corrected chi connectivity index (χ3v) is 5.27. The fraction of sp³-hybridized carbons (Fsp3) is 0.462. The fourth-order valence-electron chi connectivity index (χ4n) is 3.27. The highest BCUT2D eigenvalue weighted by molar-refractivity contribution is 5.78. The van der Waals surface area contributed by atoms with Crippen molar-refractivity contribution in [2.45, 2.75) is 64.4 Å². The molecule has 0 saturated heterocycles. The standard InChI is InChI=1S/C26H33FO5/c1-3-4-5-6-10-13-25(29)31-17-22(28)18-32-26(30)19(2)21-14-15-23(24(27)16-21)20-11-8-7-9-12-20/h7-9,11-12,14-16,19,22,28H,3-6,10,13,17-18H2,1-2H3/t19?,22-/m0/s1. The summed E-state index contributed by atoms with van der Waals surface area (Å²) in [6.07, 6.45) is 4.35. The summed E-state index contributed by atoms with van der Waals surface area (Å²) in [7, 11) is 0. The lowest BCUT2D eigenvalue weighted by molar-refractivity contribution is -0.153. The van der Waals surface area contributed by atoms with Gasteiger partial charge in [-0.05, 0) is 30.5 Å². The molecule has 2 rings (SSSR count). The maximum absolute atomic E-state index is 14.6. The van der Waals surface area contributed by atoms with E-state index < -0.39 is 23.8 Å². The lowest BCUT2D eigenvalue weighted by Gasteiger charge is -2.16. The number of aliphatic hydroxyl groups excluding tert-OH is 1. The van der Waals surface area contributed by atoms with Crippen LogP contribution in [-0.2, 0) is 19.1 Å². The summed E-state index contributed by atoms with van der Waals surface area (Å²) in [6.45, 7) is 3.22. The summed E-state index contributed by atoms with van der Waals surface area (Å²) in [5.41, 5.74) is 1.69. The van der Waals surface area contributed by atoms with Crippen molar-refractivity contribution in [2.75, 3.05) is 13.2 Å². The van der Waals surface area contributed by atoms with E-state index in [1.54, 1.807) is 19.1 Å². The van der Waals surface area contributed by atoms with Crippen LogP contribution in [0, 0.1) is 5.82 Å². The molecule has 2 atom stereocenters. The Morgan fingerprint density at radius 3 is 2.34 bits per heavy atom. The van der Waals surface area contributed by atoms with Crippen molar-refractivity contribution in [3.63, 3.8) is 0 Å². The van der Waals surface area contributed by atoms with E-state index in [1.165, 1.54) is 6.07 Å². The molecule has 2 aromatic rings. The highest BCUT2D eigenvalue weighted by Crippen LogP contribution is 2.26. The van der Waals surface area contributed by atoms with Crippen LogP contribution < -0.4 is 0 Å². The van der Waals surface area contributed by atoms with Gasteiger partial charge in [0.15, 0.2) is 0 Å². The van der Waals surface area contributed by atoms with Gasteiger partial charge in [0.1, 0.15) is 25.1 Å². The third-order valence-electron chi connectivity index (χ3n) is 5.27. The second kappa shape index (κ2) is 13.6. The van der Waals surface area contributed by atoms with Crippen LogP contribution in [0.2, 0.25) is 0 Å². The van der Waals surface area contributed by atoms with Crippen LogP contribution in [0.15, 0.2) is 48.5 Å². The van der Waals surface area contributed by atoms with Crippen molar-refractivity contribution < 1.29 is 28.6 Å². The first-order valence-electron chi connectivity index (χ1n) is 11.3. The zero-order chi connectivity index (χ0) is 23.3. The molecule has 0 aromatic heterocycles. The van der Waals surface area contributed by atoms with Gasteiger partial charge >= 0.3 is 11.9 Å². The Bertz CT molecular complexity index is 853. The molecule has 0 saturated carbocycles. The number of hydrogen-bond acceptors (Lipinski definition) is 5. The Hall–Kier alpha value is -2.73. The van der Waals surface area contributed by atoms with E-state index in [-0.39, 0.29) is 19.2 Å². The molecule has 32 heavy (non-hydrogen) atoms. The molecule has 174 valence electrons. The first kappa shape index (κ1) is 25.5. The fourth-order valence-corrected chi connectivity index (χ4v) is 3.27. The van der Waals surface area contributed by atoms with Gasteiger partial charge in [0.25, 0.3) is 0 Å². The number of unbranched alkanes of at least 4 members (excludes halogenated alkanes) is 4. The van der Waals surface area contributed by atoms with Crippen molar-refractivity contribution >= 4 is 11.9 Å². The predicted octanol–water partition coefficient (Wildman–Crippen LogP) is 5.40. The average Bonchev–Trinajstić information content (AvgIpc) is 2.81. The monoisotopic (exact) mass is 444 g/mol. The highest BCUT2D eigenvalue weighted by Gasteiger charge is 2.20. The van der Waals surface area contributed by atoms with Crippen LogP contribution in [0.4, 0.5) is 4.39 Å². The van der Waals surface area contributed by atoms with Crippen molar-refractivity contribution in [1.82, 2.24) is 0 Å². The number of halogens is 1. The van der Waals surface area contributed by atoms with Crippen molar-refractivity contribution in [1.29, 1.82) is 0 Å². The quantitative estimate of drug-likeness (QED) is 0.331. The number of aliphatic hydroxyl groups is 1. The molecule has 0 amide bonds. The summed E-state index contributed by atoms with van der Waals surface area (Å²) in [4.78, 5) is 24.0. The first-order chi connectivity index (χ1) is 15.4. The highest BCUT2D eigenvalue weighted by atomic mass is 19.1. The van der Waals surface area contributed by atoms with Crippen LogP contribution in [-0.4, -0.2) is 36.4 Å². The van der Waals surface area contributed by atoms with Crippen molar-refractivity contribution in [2.24, 2.45) is 0 Å². The van der Waals surface area contributed by atoms with Crippen LogP contribution in [0.3, 0.4) is 0 Å². The third kappa shape index (κ3) is 8.42. The van der Waals surface area contributed by atoms with E-state index in [1.807, 2.05) is 30.3 Å². The molecule has 6 heteroatoms. The molecule has 1 N–H and O–H groups in total. The number of hydrogen-bond donors (Lipinski definition) is 1. The van der Waals surface area contributed by atoms with Crippen molar-refractivity contribution in [3.8, 4) is 11.1 Å². The van der Waals surface area contributed by atoms with E-state index in [0.29, 0.717) is 17.5 Å². The van der Waals surface area contributed by atoms with Gasteiger partial charge in [-0.15, -0.1) is 0 Å². The molecule has 0 spiro atoms. The summed E-state index contributed by atoms with van der Waals surface area (Å²) in [6, 6.07) is 13.8. The van der Waals surface area contributed by atoms with Gasteiger partial charge in [-0.1, -0.05) is 75.1 Å². The van der Waals surface area contributed by atoms with E-state index in [0.717, 1.165) is 37.7 Å². The van der Waals surface area contributed by atoms with Gasteiger partial charge in [0.05, 0.1) is 5.92 Å². The van der Waals surface area contributed by atoms with E-state index in [2.05, 4.69) is 6.92 Å². The Morgan fingerprint density at radius 2 is 1.66 bits per heavy atom. The maximum Gasteiger partial charge on any atom is 0.313 e. The van der Waals surface area contributed by atoms with Gasteiger partial charge in [-0.2, -0.15) is 0 Å². The van der Waals surface area contributed by atoms with Crippen LogP contribution in [0.25, 0.3) is 11.1 Å². The minimum atomic E-state index is -1.10. The van der Waals surface area contributed by atoms with Crippen LogP contribution >= 0.6 is 0 Å². The molecule has 0 bridgehead atoms. The number of ether oxygens (including phenoxy) is 2. The number of rotatable bonds is 13. The molecule has 0 fully saturated rings. The Labute approximate surface area is 189 Å². The van der Waals surface area contributed by atoms with Crippen LogP contribution in [0.1, 0.15) is 63.9 Å². The zero-order valence-corrected chi connectivity index (χ0v) is 18.9. The lowest BCUT2D eigenvalue weighted by atomic mass is 9.97. The van der Waals surface area contributed by atoms with Gasteiger partial charge in [-0.3, -0.25) is 9.59 Å². The molecule has 0 heterocycles. The normalized spacial score (nSPS) is 12.8. The summed E-state index contributed by atoms with van der Waals surface area (Å²) >= 11 is 0. The van der Waals surface area contributed by atoms with E-state index in [4.69, 9.17) is 9.47 Å². The Balaban J connectivity index is 1.75. The number of carbonyl (C=O) groups excluding carboxylic acids is 2. The molecular weight excluding hydrogens is 411 g/mol. The molecule has 0 aliphatic carbocycles. The van der Waals surface area contributed by atoms with E-state index >= 15 is 0 Å².